The van der Waals surface area contributed by atoms with Crippen molar-refractivity contribution in [2.24, 2.45) is 29.2 Å². The van der Waals surface area contributed by atoms with Crippen molar-refractivity contribution in [3.8, 4) is 5.75 Å². The van der Waals surface area contributed by atoms with Crippen LogP contribution in [-0.2, 0) is 73.5 Å². The first-order valence-corrected chi connectivity index (χ1v) is 25.6. The highest BCUT2D eigenvalue weighted by Gasteiger charge is 2.37. The standard InChI is InChI=1S/C50H76N10O20/c1-23(2)19-32(56-42(71)28(51)11-16-37(63)64)46(75)57-34(22-40(69)70)48(77)60-41(25(5)6)49(78)58-33(21-26-7-9-27(61)10-8-26)47(76)55-31(14-18-39(67)68)44(73)54-30(13-17-38(65)66)43(72)53-29(12-15-36(52)62)45(74)59-35(50(79)80)20-24(3)4/h7-10,23-25,28-35,41,61H,11-22,51H2,1-6H3,(H2,52,62)(H,53,72)(H,54,73)(H,55,76)(H,56,71)(H,57,75)(H,58,78)(H,59,74)(H,60,77)(H,63,64)(H,65,66)(H,67,68)(H,69,70)(H,79,80)/t28-,29-,30-,31-,32-,33-,34-,35-,41-/m0/s1. The zero-order valence-electron chi connectivity index (χ0n) is 45.3. The molecule has 0 radical (unpaired) electrons. The van der Waals surface area contributed by atoms with E-state index in [9.17, 15) is 92.7 Å². The van der Waals surface area contributed by atoms with Crippen molar-refractivity contribution in [2.45, 2.75) is 173 Å². The summed E-state index contributed by atoms with van der Waals surface area (Å²) in [6.45, 7) is 9.60. The van der Waals surface area contributed by atoms with Gasteiger partial charge in [-0.3, -0.25) is 62.3 Å². The Labute approximate surface area is 460 Å². The molecule has 30 nitrogen and oxygen atoms in total. The normalized spacial score (nSPS) is 14.5. The van der Waals surface area contributed by atoms with Gasteiger partial charge in [0.1, 0.15) is 54.1 Å². The Kier molecular flexibility index (Phi) is 30.0. The number of rotatable bonds is 38. The minimum absolute atomic E-state index is 0.0508. The molecule has 1 aromatic carbocycles. The molecule has 0 fully saturated rings. The topological polar surface area (TPSA) is 509 Å². The van der Waals surface area contributed by atoms with Crippen molar-refractivity contribution in [3.63, 3.8) is 0 Å². The minimum atomic E-state index is -1.90. The predicted molar refractivity (Wildman–Crippen MR) is 278 cm³/mol. The van der Waals surface area contributed by atoms with E-state index in [1.165, 1.54) is 38.1 Å². The second kappa shape index (κ2) is 34.4. The summed E-state index contributed by atoms with van der Waals surface area (Å²) in [5.41, 5.74) is 11.4. The number of carboxylic acid groups (broad SMARTS) is 5. The van der Waals surface area contributed by atoms with Gasteiger partial charge in [0, 0.05) is 32.1 Å². The molecule has 0 aliphatic carbocycles. The van der Waals surface area contributed by atoms with Crippen LogP contribution in [0.15, 0.2) is 24.3 Å². The second-order valence-electron chi connectivity index (χ2n) is 20.1. The van der Waals surface area contributed by atoms with Crippen molar-refractivity contribution < 1.29 is 97.8 Å². The summed E-state index contributed by atoms with van der Waals surface area (Å²) in [5.74, 6) is -18.7. The smallest absolute Gasteiger partial charge is 0.326 e. The summed E-state index contributed by atoms with van der Waals surface area (Å²) in [6, 6.07) is -9.71. The van der Waals surface area contributed by atoms with Crippen molar-refractivity contribution >= 4 is 83.0 Å². The Morgan fingerprint density at radius 2 is 0.787 bits per heavy atom. The third kappa shape index (κ3) is 27.2. The first kappa shape index (κ1) is 69.6. The predicted octanol–water partition coefficient (Wildman–Crippen LogP) is -2.69. The Hall–Kier alpha value is -8.44. The quantitative estimate of drug-likeness (QED) is 0.0320. The monoisotopic (exact) mass is 1140 g/mol. The number of carboxylic acids is 5. The number of carbonyl (C=O) groups excluding carboxylic acids is 9. The maximum absolute atomic E-state index is 14.3. The van der Waals surface area contributed by atoms with Gasteiger partial charge in [-0.1, -0.05) is 53.7 Å². The molecular weight excluding hydrogens is 1060 g/mol. The minimum Gasteiger partial charge on any atom is -0.508 e. The highest BCUT2D eigenvalue weighted by Crippen LogP contribution is 2.15. The molecule has 9 amide bonds. The maximum atomic E-state index is 14.3. The number of amides is 9. The van der Waals surface area contributed by atoms with Crippen LogP contribution in [0.1, 0.15) is 118 Å². The number of phenolic OH excluding ortho intramolecular Hbond substituents is 1. The van der Waals surface area contributed by atoms with Crippen molar-refractivity contribution in [1.82, 2.24) is 42.5 Å². The number of nitrogens with one attached hydrogen (secondary N) is 8. The molecule has 1 aromatic rings. The molecule has 0 bridgehead atoms. The van der Waals surface area contributed by atoms with Gasteiger partial charge in [-0.15, -0.1) is 0 Å². The lowest BCUT2D eigenvalue weighted by atomic mass is 9.99. The highest BCUT2D eigenvalue weighted by molar-refractivity contribution is 5.99. The average molecular weight is 1140 g/mol. The van der Waals surface area contributed by atoms with Crippen LogP contribution in [0.4, 0.5) is 0 Å². The number of aliphatic carboxylic acids is 5. The zero-order chi connectivity index (χ0) is 61.1. The Balaban J connectivity index is 3.68. The number of hydrogen-bond donors (Lipinski definition) is 16. The second-order valence-corrected chi connectivity index (χ2v) is 20.1. The first-order chi connectivity index (χ1) is 37.2. The summed E-state index contributed by atoms with van der Waals surface area (Å²) in [6.07, 6.45) is -6.32. The molecule has 0 aliphatic rings. The van der Waals surface area contributed by atoms with E-state index >= 15 is 0 Å². The van der Waals surface area contributed by atoms with Crippen LogP contribution >= 0.6 is 0 Å². The molecule has 0 unspecified atom stereocenters. The highest BCUT2D eigenvalue weighted by atomic mass is 16.4. The van der Waals surface area contributed by atoms with Crippen LogP contribution in [0.25, 0.3) is 0 Å². The molecule has 0 saturated carbocycles. The van der Waals surface area contributed by atoms with E-state index in [2.05, 4.69) is 42.5 Å². The van der Waals surface area contributed by atoms with Gasteiger partial charge in [0.15, 0.2) is 0 Å². The van der Waals surface area contributed by atoms with E-state index in [1.54, 1.807) is 27.7 Å². The average Bonchev–Trinajstić information content (AvgIpc) is 3.34. The number of aromatic hydroxyl groups is 1. The molecule has 0 aliphatic heterocycles. The molecule has 0 heterocycles. The van der Waals surface area contributed by atoms with Crippen LogP contribution < -0.4 is 54.0 Å². The largest absolute Gasteiger partial charge is 0.508 e. The lowest BCUT2D eigenvalue weighted by Gasteiger charge is -2.29. The summed E-state index contributed by atoms with van der Waals surface area (Å²) in [7, 11) is 0. The van der Waals surface area contributed by atoms with E-state index < -0.39 is 201 Å². The summed E-state index contributed by atoms with van der Waals surface area (Å²) >= 11 is 0. The van der Waals surface area contributed by atoms with Crippen LogP contribution in [0.3, 0.4) is 0 Å². The number of primary amides is 1. The van der Waals surface area contributed by atoms with Gasteiger partial charge in [-0.25, -0.2) is 4.79 Å². The number of carbonyl (C=O) groups is 14. The van der Waals surface area contributed by atoms with Crippen molar-refractivity contribution in [2.75, 3.05) is 0 Å². The summed E-state index contributed by atoms with van der Waals surface area (Å²) < 4.78 is 0. The first-order valence-electron chi connectivity index (χ1n) is 25.6. The summed E-state index contributed by atoms with van der Waals surface area (Å²) in [4.78, 5) is 180. The zero-order valence-corrected chi connectivity index (χ0v) is 45.3. The lowest BCUT2D eigenvalue weighted by molar-refractivity contribution is -0.143. The van der Waals surface area contributed by atoms with Gasteiger partial charge in [0.05, 0.1) is 12.5 Å². The molecule has 80 heavy (non-hydrogen) atoms. The molecule has 0 aromatic heterocycles. The van der Waals surface area contributed by atoms with Crippen LogP contribution in [0.2, 0.25) is 0 Å². The van der Waals surface area contributed by atoms with Crippen molar-refractivity contribution in [3.05, 3.63) is 29.8 Å². The van der Waals surface area contributed by atoms with E-state index in [0.29, 0.717) is 0 Å². The molecule has 0 spiro atoms. The summed E-state index contributed by atoms with van der Waals surface area (Å²) in [5, 5.41) is 76.1. The third-order valence-electron chi connectivity index (χ3n) is 11.8. The van der Waals surface area contributed by atoms with Crippen molar-refractivity contribution in [1.29, 1.82) is 0 Å². The van der Waals surface area contributed by atoms with E-state index in [4.69, 9.17) is 16.6 Å². The molecule has 30 heteroatoms. The van der Waals surface area contributed by atoms with Gasteiger partial charge in [0.25, 0.3) is 0 Å². The lowest BCUT2D eigenvalue weighted by Crippen LogP contribution is -2.61. The molecule has 1 rings (SSSR count). The number of nitrogens with two attached hydrogens (primary N) is 2. The van der Waals surface area contributed by atoms with E-state index in [1.807, 2.05) is 0 Å². The molecule has 0 saturated heterocycles. The Bertz CT molecular complexity index is 2380. The van der Waals surface area contributed by atoms with E-state index in [0.717, 1.165) is 0 Å². The Morgan fingerprint density at radius 1 is 0.425 bits per heavy atom. The van der Waals surface area contributed by atoms with Gasteiger partial charge in [0.2, 0.25) is 53.2 Å². The van der Waals surface area contributed by atoms with E-state index in [-0.39, 0.29) is 42.4 Å². The fourth-order valence-corrected chi connectivity index (χ4v) is 7.59. The van der Waals surface area contributed by atoms with Crippen LogP contribution in [0, 0.1) is 17.8 Å². The van der Waals surface area contributed by atoms with Gasteiger partial charge in [-0.2, -0.15) is 0 Å². The molecule has 9 atom stereocenters. The maximum Gasteiger partial charge on any atom is 0.326 e. The molecular formula is C50H76N10O20. The third-order valence-corrected chi connectivity index (χ3v) is 11.8. The van der Waals surface area contributed by atoms with Gasteiger partial charge < -0.3 is 84.6 Å². The molecule has 446 valence electrons. The molecule has 18 N–H and O–H groups in total. The fourth-order valence-electron chi connectivity index (χ4n) is 7.59. The number of hydrogen-bond acceptors (Lipinski definition) is 16. The number of phenols is 1. The van der Waals surface area contributed by atoms with Crippen LogP contribution in [-0.4, -0.2) is 168 Å². The fraction of sp³-hybridized carbons (Fsp3) is 0.600. The van der Waals surface area contributed by atoms with Gasteiger partial charge in [-0.05, 0) is 74.0 Å². The Morgan fingerprint density at radius 3 is 1.20 bits per heavy atom. The number of benzene rings is 1. The SMILES string of the molecule is CC(C)C[C@H](NC(=O)[C@H](CCC(N)=O)NC(=O)[C@H](CCC(=O)O)NC(=O)[C@H](CCC(=O)O)NC(=O)[C@H](Cc1ccc(O)cc1)NC(=O)[C@@H](NC(=O)[C@H](CC(=O)O)NC(=O)[C@H](CC(C)C)NC(=O)[C@@H](N)CCC(=O)O)C(C)C)C(=O)O. The van der Waals surface area contributed by atoms with Gasteiger partial charge >= 0.3 is 29.8 Å². The van der Waals surface area contributed by atoms with Crippen LogP contribution in [0.5, 0.6) is 5.75 Å².